The molecule has 3 aliphatic rings. The van der Waals surface area contributed by atoms with E-state index < -0.39 is 0 Å². The molecule has 3 aromatic rings. The van der Waals surface area contributed by atoms with Gasteiger partial charge in [-0.2, -0.15) is 0 Å². The summed E-state index contributed by atoms with van der Waals surface area (Å²) in [6, 6.07) is 23.8. The SMILES string of the molecule is CC(=O)Nc1ccc(-c2ccc(-c3ccccc3)c3c2C2CC(C(C)C)C3C=C2C)cc1. The van der Waals surface area contributed by atoms with Crippen molar-refractivity contribution >= 4 is 11.6 Å². The third kappa shape index (κ3) is 3.48. The molecule has 0 aromatic heterocycles. The van der Waals surface area contributed by atoms with Crippen molar-refractivity contribution in [3.63, 3.8) is 0 Å². The largest absolute Gasteiger partial charge is 0.326 e. The van der Waals surface area contributed by atoms with Crippen molar-refractivity contribution in [2.24, 2.45) is 11.8 Å². The third-order valence-corrected chi connectivity index (χ3v) is 7.39. The van der Waals surface area contributed by atoms with Gasteiger partial charge in [-0.15, -0.1) is 0 Å². The Balaban J connectivity index is 1.70. The van der Waals surface area contributed by atoms with Crippen molar-refractivity contribution in [3.8, 4) is 22.3 Å². The Hall–Kier alpha value is -3.13. The van der Waals surface area contributed by atoms with Crippen molar-refractivity contribution < 1.29 is 4.79 Å². The van der Waals surface area contributed by atoms with Crippen LogP contribution in [0.4, 0.5) is 5.69 Å². The summed E-state index contributed by atoms with van der Waals surface area (Å²) in [5.74, 6) is 2.22. The molecule has 2 bridgehead atoms. The maximum atomic E-state index is 11.4. The number of nitrogens with one attached hydrogen (secondary N) is 1. The van der Waals surface area contributed by atoms with Gasteiger partial charge >= 0.3 is 0 Å². The molecule has 0 fully saturated rings. The van der Waals surface area contributed by atoms with Gasteiger partial charge in [-0.05, 0) is 70.7 Å². The van der Waals surface area contributed by atoms with E-state index in [1.165, 1.54) is 45.4 Å². The maximum Gasteiger partial charge on any atom is 0.221 e. The van der Waals surface area contributed by atoms with Crippen LogP contribution in [0.25, 0.3) is 22.3 Å². The molecule has 3 aromatic carbocycles. The number of hydrogen-bond acceptors (Lipinski definition) is 1. The van der Waals surface area contributed by atoms with E-state index in [2.05, 4.69) is 86.8 Å². The van der Waals surface area contributed by atoms with Crippen molar-refractivity contribution in [3.05, 3.63) is 89.5 Å². The number of benzene rings is 3. The van der Waals surface area contributed by atoms with Gasteiger partial charge in [0.25, 0.3) is 0 Å². The Morgan fingerprint density at radius 2 is 1.50 bits per heavy atom. The van der Waals surface area contributed by atoms with Crippen LogP contribution in [0.1, 0.15) is 57.1 Å². The third-order valence-electron chi connectivity index (χ3n) is 7.39. The lowest BCUT2D eigenvalue weighted by molar-refractivity contribution is -0.114. The van der Waals surface area contributed by atoms with E-state index in [4.69, 9.17) is 0 Å². The van der Waals surface area contributed by atoms with E-state index in [-0.39, 0.29) is 5.91 Å². The predicted molar refractivity (Wildman–Crippen MR) is 134 cm³/mol. The molecular weight excluding hydrogens is 390 g/mol. The second kappa shape index (κ2) is 8.09. The van der Waals surface area contributed by atoms with Gasteiger partial charge in [0.2, 0.25) is 5.91 Å². The van der Waals surface area contributed by atoms with Gasteiger partial charge < -0.3 is 5.32 Å². The van der Waals surface area contributed by atoms with Crippen LogP contribution in [-0.4, -0.2) is 5.91 Å². The zero-order valence-corrected chi connectivity index (χ0v) is 19.4. The minimum Gasteiger partial charge on any atom is -0.326 e. The maximum absolute atomic E-state index is 11.4. The fourth-order valence-corrected chi connectivity index (χ4v) is 5.89. The molecule has 162 valence electrons. The number of hydrogen-bond donors (Lipinski definition) is 1. The minimum atomic E-state index is -0.0415. The normalized spacial score (nSPS) is 21.3. The zero-order chi connectivity index (χ0) is 22.4. The summed E-state index contributed by atoms with van der Waals surface area (Å²) in [6.45, 7) is 8.61. The number of rotatable bonds is 4. The second-order valence-corrected chi connectivity index (χ2v) is 9.75. The van der Waals surface area contributed by atoms with Crippen LogP contribution >= 0.6 is 0 Å². The summed E-state index contributed by atoms with van der Waals surface area (Å²) in [5.41, 5.74) is 10.6. The second-order valence-electron chi connectivity index (χ2n) is 9.75. The molecule has 2 nitrogen and oxygen atoms in total. The standard InChI is InChI=1S/C30H31NO/c1-18(2)26-17-27-19(3)16-28(26)30-24(21-8-6-5-7-9-21)14-15-25(29(27)30)22-10-12-23(13-11-22)31-20(4)32/h5-16,18,26-28H,17H2,1-4H3,(H,31,32). The lowest BCUT2D eigenvalue weighted by Crippen LogP contribution is -2.32. The number of fused-ring (bicyclic) bond motifs is 1. The molecule has 0 spiro atoms. The van der Waals surface area contributed by atoms with Crippen molar-refractivity contribution in [1.29, 1.82) is 0 Å². The Bertz CT molecular complexity index is 1190. The van der Waals surface area contributed by atoms with Crippen LogP contribution < -0.4 is 5.32 Å². The molecule has 0 saturated heterocycles. The molecular formula is C30H31NO. The molecule has 3 atom stereocenters. The average molecular weight is 422 g/mol. The van der Waals surface area contributed by atoms with Crippen molar-refractivity contribution in [2.45, 2.75) is 46.0 Å². The molecule has 2 heteroatoms. The van der Waals surface area contributed by atoms with Crippen LogP contribution in [0.15, 0.2) is 78.4 Å². The molecule has 3 aliphatic carbocycles. The van der Waals surface area contributed by atoms with Crippen molar-refractivity contribution in [1.82, 2.24) is 0 Å². The highest BCUT2D eigenvalue weighted by Crippen LogP contribution is 2.58. The number of allylic oxidation sites excluding steroid dienone is 2. The molecule has 0 heterocycles. The Labute approximate surface area is 191 Å². The average Bonchev–Trinajstić information content (AvgIpc) is 2.79. The molecule has 1 N–H and O–H groups in total. The van der Waals surface area contributed by atoms with E-state index in [0.717, 1.165) is 5.69 Å². The molecule has 32 heavy (non-hydrogen) atoms. The highest BCUT2D eigenvalue weighted by atomic mass is 16.1. The number of amides is 1. The summed E-state index contributed by atoms with van der Waals surface area (Å²) in [5, 5.41) is 2.88. The smallest absolute Gasteiger partial charge is 0.221 e. The molecule has 0 saturated carbocycles. The van der Waals surface area contributed by atoms with Crippen molar-refractivity contribution in [2.75, 3.05) is 5.32 Å². The van der Waals surface area contributed by atoms with E-state index in [9.17, 15) is 4.79 Å². The fourth-order valence-electron chi connectivity index (χ4n) is 5.89. The van der Waals surface area contributed by atoms with E-state index >= 15 is 0 Å². The predicted octanol–water partition coefficient (Wildman–Crippen LogP) is 7.78. The highest BCUT2D eigenvalue weighted by Gasteiger charge is 2.42. The number of carbonyl (C=O) groups is 1. The van der Waals surface area contributed by atoms with Gasteiger partial charge in [-0.1, -0.05) is 80.1 Å². The van der Waals surface area contributed by atoms with E-state index in [0.29, 0.717) is 23.7 Å². The lowest BCUT2D eigenvalue weighted by Gasteiger charge is -2.46. The first-order valence-corrected chi connectivity index (χ1v) is 11.7. The summed E-state index contributed by atoms with van der Waals surface area (Å²) >= 11 is 0. The van der Waals surface area contributed by atoms with E-state index in [1.54, 1.807) is 6.92 Å². The fraction of sp³-hybridized carbons (Fsp3) is 0.300. The summed E-state index contributed by atoms with van der Waals surface area (Å²) in [7, 11) is 0. The number of carbonyl (C=O) groups excluding carboxylic acids is 1. The summed E-state index contributed by atoms with van der Waals surface area (Å²) in [6.07, 6.45) is 3.78. The van der Waals surface area contributed by atoms with Gasteiger partial charge in [0.1, 0.15) is 0 Å². The molecule has 3 unspecified atom stereocenters. The molecule has 0 radical (unpaired) electrons. The summed E-state index contributed by atoms with van der Waals surface area (Å²) < 4.78 is 0. The molecule has 6 rings (SSSR count). The van der Waals surface area contributed by atoms with Gasteiger partial charge in [-0.25, -0.2) is 0 Å². The van der Waals surface area contributed by atoms with Crippen LogP contribution in [-0.2, 0) is 4.79 Å². The van der Waals surface area contributed by atoms with Gasteiger partial charge in [0.05, 0.1) is 0 Å². The van der Waals surface area contributed by atoms with Crippen LogP contribution in [0.5, 0.6) is 0 Å². The first-order valence-electron chi connectivity index (χ1n) is 11.7. The number of anilines is 1. The van der Waals surface area contributed by atoms with Gasteiger partial charge in [0, 0.05) is 24.4 Å². The minimum absolute atomic E-state index is 0.0415. The lowest BCUT2D eigenvalue weighted by atomic mass is 9.58. The topological polar surface area (TPSA) is 29.1 Å². The monoisotopic (exact) mass is 421 g/mol. The first kappa shape index (κ1) is 20.8. The zero-order valence-electron chi connectivity index (χ0n) is 19.4. The molecule has 0 aliphatic heterocycles. The Kier molecular flexibility index (Phi) is 5.25. The quantitative estimate of drug-likeness (QED) is 0.428. The van der Waals surface area contributed by atoms with Crippen LogP contribution in [0, 0.1) is 11.8 Å². The van der Waals surface area contributed by atoms with Crippen LogP contribution in [0.2, 0.25) is 0 Å². The van der Waals surface area contributed by atoms with Crippen LogP contribution in [0.3, 0.4) is 0 Å². The van der Waals surface area contributed by atoms with Gasteiger partial charge in [0.15, 0.2) is 0 Å². The first-order chi connectivity index (χ1) is 15.4. The Morgan fingerprint density at radius 1 is 0.875 bits per heavy atom. The molecule has 1 amide bonds. The van der Waals surface area contributed by atoms with Gasteiger partial charge in [-0.3, -0.25) is 4.79 Å². The summed E-state index contributed by atoms with van der Waals surface area (Å²) in [4.78, 5) is 11.4. The highest BCUT2D eigenvalue weighted by molar-refractivity contribution is 5.89. The van der Waals surface area contributed by atoms with E-state index in [1.807, 2.05) is 12.1 Å². The Morgan fingerprint density at radius 3 is 2.12 bits per heavy atom.